The Morgan fingerprint density at radius 3 is 2.55 bits per heavy atom. The molecular formula is C10H9ClN4O4S. The fourth-order valence-corrected chi connectivity index (χ4v) is 2.67. The van der Waals surface area contributed by atoms with Gasteiger partial charge in [0, 0.05) is 10.6 Å². The fraction of sp³-hybridized carbons (Fsp3) is 0.100. The maximum absolute atomic E-state index is 11.7. The first-order valence-corrected chi connectivity index (χ1v) is 7.10. The van der Waals surface area contributed by atoms with Gasteiger partial charge in [-0.25, -0.2) is 8.86 Å². The Labute approximate surface area is 119 Å². The monoisotopic (exact) mass is 316 g/mol. The van der Waals surface area contributed by atoms with E-state index < -0.39 is 16.6 Å². The lowest BCUT2D eigenvalue weighted by Crippen LogP contribution is -2.22. The molecule has 2 heterocycles. The Morgan fingerprint density at radius 2 is 1.90 bits per heavy atom. The summed E-state index contributed by atoms with van der Waals surface area (Å²) in [5.41, 5.74) is 11.8. The number of nitrogen functional groups attached to an aromatic ring is 2. The summed E-state index contributed by atoms with van der Waals surface area (Å²) in [7, 11) is -4.29. The van der Waals surface area contributed by atoms with Gasteiger partial charge in [0.1, 0.15) is 5.69 Å². The third-order valence-corrected chi connectivity index (χ3v) is 3.75. The molecule has 0 fully saturated rings. The Morgan fingerprint density at radius 1 is 1.25 bits per heavy atom. The second-order valence-corrected chi connectivity index (χ2v) is 5.65. The molecule has 106 valence electrons. The van der Waals surface area contributed by atoms with Crippen molar-refractivity contribution in [3.05, 3.63) is 34.9 Å². The topological polar surface area (TPSA) is 122 Å². The minimum absolute atomic E-state index is 0.0508. The summed E-state index contributed by atoms with van der Waals surface area (Å²) in [5, 5.41) is 4.39. The number of nitrogens with two attached hydrogens (primary N) is 2. The summed E-state index contributed by atoms with van der Waals surface area (Å²) in [4.78, 5) is 0. The Bertz CT molecular complexity index is 771. The fourth-order valence-electron chi connectivity index (χ4n) is 1.77. The number of benzene rings is 1. The first kappa shape index (κ1) is 13.0. The Hall–Kier alpha value is -1.97. The summed E-state index contributed by atoms with van der Waals surface area (Å²) in [6.45, 7) is 0. The van der Waals surface area contributed by atoms with Crippen LogP contribution < -0.4 is 15.7 Å². The molecule has 1 aromatic carbocycles. The number of fused-ring (bicyclic) bond motifs is 2. The van der Waals surface area contributed by atoms with E-state index in [2.05, 4.69) is 9.28 Å². The molecule has 1 atom stereocenters. The van der Waals surface area contributed by atoms with Crippen LogP contribution in [-0.4, -0.2) is 18.2 Å². The zero-order valence-electron chi connectivity index (χ0n) is 9.86. The molecular weight excluding hydrogens is 308 g/mol. The van der Waals surface area contributed by atoms with E-state index in [1.54, 1.807) is 24.3 Å². The van der Waals surface area contributed by atoms with Gasteiger partial charge < -0.3 is 15.7 Å². The molecule has 0 saturated carbocycles. The third kappa shape index (κ3) is 2.05. The second-order valence-electron chi connectivity index (χ2n) is 4.04. The molecule has 0 spiro atoms. The Kier molecular flexibility index (Phi) is 2.78. The summed E-state index contributed by atoms with van der Waals surface area (Å²) < 4.78 is 34.0. The van der Waals surface area contributed by atoms with Gasteiger partial charge in [0.15, 0.2) is 12.0 Å². The molecule has 8 nitrogen and oxygen atoms in total. The highest BCUT2D eigenvalue weighted by Gasteiger charge is 2.34. The van der Waals surface area contributed by atoms with Gasteiger partial charge in [-0.15, -0.1) is 5.10 Å². The molecule has 20 heavy (non-hydrogen) atoms. The SMILES string of the molecule is Nc1c2nn(c1N)C(c1ccc(Cl)cc1)OS(=O)(=O)O2. The number of rotatable bonds is 1. The maximum Gasteiger partial charge on any atom is 0.453 e. The highest BCUT2D eigenvalue weighted by Crippen LogP contribution is 2.37. The lowest BCUT2D eigenvalue weighted by molar-refractivity contribution is 0.161. The summed E-state index contributed by atoms with van der Waals surface area (Å²) in [6.07, 6.45) is -1.11. The molecule has 1 aliphatic rings. The van der Waals surface area contributed by atoms with Crippen molar-refractivity contribution in [2.24, 2.45) is 0 Å². The van der Waals surface area contributed by atoms with Gasteiger partial charge in [-0.3, -0.25) is 0 Å². The quantitative estimate of drug-likeness (QED) is 0.801. The van der Waals surface area contributed by atoms with Crippen LogP contribution in [0.1, 0.15) is 11.8 Å². The number of halogens is 1. The minimum atomic E-state index is -4.29. The zero-order valence-corrected chi connectivity index (χ0v) is 11.4. The van der Waals surface area contributed by atoms with Crippen molar-refractivity contribution in [1.29, 1.82) is 0 Å². The van der Waals surface area contributed by atoms with E-state index in [1.807, 2.05) is 0 Å². The van der Waals surface area contributed by atoms with Crippen LogP contribution in [0.4, 0.5) is 11.5 Å². The lowest BCUT2D eigenvalue weighted by Gasteiger charge is -2.17. The molecule has 1 aromatic heterocycles. The van der Waals surface area contributed by atoms with Crippen molar-refractivity contribution in [3.63, 3.8) is 0 Å². The van der Waals surface area contributed by atoms with Gasteiger partial charge in [-0.05, 0) is 12.1 Å². The maximum atomic E-state index is 11.7. The van der Waals surface area contributed by atoms with Crippen molar-refractivity contribution in [3.8, 4) is 5.88 Å². The van der Waals surface area contributed by atoms with Gasteiger partial charge in [-0.2, -0.15) is 8.42 Å². The average Bonchev–Trinajstić information content (AvgIpc) is 2.58. The second kappa shape index (κ2) is 4.27. The van der Waals surface area contributed by atoms with Crippen molar-refractivity contribution in [2.45, 2.75) is 6.23 Å². The first-order chi connectivity index (χ1) is 9.37. The van der Waals surface area contributed by atoms with E-state index in [0.717, 1.165) is 4.68 Å². The number of hydrogen-bond acceptors (Lipinski definition) is 7. The van der Waals surface area contributed by atoms with E-state index in [4.69, 9.17) is 27.3 Å². The third-order valence-electron chi connectivity index (χ3n) is 2.72. The van der Waals surface area contributed by atoms with Gasteiger partial charge in [0.2, 0.25) is 0 Å². The minimum Gasteiger partial charge on any atom is -0.391 e. The molecule has 1 unspecified atom stereocenters. The summed E-state index contributed by atoms with van der Waals surface area (Å²) in [6, 6.07) is 6.35. The molecule has 2 aromatic rings. The van der Waals surface area contributed by atoms with Crippen molar-refractivity contribution in [2.75, 3.05) is 11.5 Å². The molecule has 0 radical (unpaired) electrons. The van der Waals surface area contributed by atoms with Crippen LogP contribution >= 0.6 is 11.6 Å². The van der Waals surface area contributed by atoms with Crippen LogP contribution in [0.5, 0.6) is 5.88 Å². The molecule has 0 aliphatic carbocycles. The number of aromatic nitrogens is 2. The highest BCUT2D eigenvalue weighted by molar-refractivity contribution is 7.82. The van der Waals surface area contributed by atoms with Crippen LogP contribution in [0.3, 0.4) is 0 Å². The van der Waals surface area contributed by atoms with Crippen LogP contribution in [0.15, 0.2) is 24.3 Å². The van der Waals surface area contributed by atoms with Gasteiger partial charge >= 0.3 is 10.4 Å². The molecule has 3 rings (SSSR count). The first-order valence-electron chi connectivity index (χ1n) is 5.39. The van der Waals surface area contributed by atoms with Crippen molar-refractivity contribution < 1.29 is 16.8 Å². The normalized spacial score (nSPS) is 20.1. The number of hydrogen-bond donors (Lipinski definition) is 2. The van der Waals surface area contributed by atoms with Crippen molar-refractivity contribution >= 4 is 33.5 Å². The van der Waals surface area contributed by atoms with Gasteiger partial charge in [0.05, 0.1) is 0 Å². The van der Waals surface area contributed by atoms with Gasteiger partial charge in [0.25, 0.3) is 5.88 Å². The molecule has 10 heteroatoms. The predicted octanol–water partition coefficient (Wildman–Crippen LogP) is 0.902. The van der Waals surface area contributed by atoms with E-state index in [0.29, 0.717) is 10.6 Å². The average molecular weight is 317 g/mol. The van der Waals surface area contributed by atoms with E-state index >= 15 is 0 Å². The zero-order chi connectivity index (χ0) is 14.5. The van der Waals surface area contributed by atoms with Crippen molar-refractivity contribution in [1.82, 2.24) is 9.78 Å². The van der Waals surface area contributed by atoms with Gasteiger partial charge in [-0.1, -0.05) is 23.7 Å². The largest absolute Gasteiger partial charge is 0.453 e. The van der Waals surface area contributed by atoms with Crippen LogP contribution in [0.2, 0.25) is 5.02 Å². The highest BCUT2D eigenvalue weighted by atomic mass is 35.5. The molecule has 4 N–H and O–H groups in total. The number of nitrogens with zero attached hydrogens (tertiary/aromatic N) is 2. The number of anilines is 2. The van der Waals surface area contributed by atoms with Crippen LogP contribution in [0, 0.1) is 0 Å². The molecule has 2 bridgehead atoms. The summed E-state index contributed by atoms with van der Waals surface area (Å²) in [5.74, 6) is -0.256. The van der Waals surface area contributed by atoms with Crippen LogP contribution in [-0.2, 0) is 14.6 Å². The smallest absolute Gasteiger partial charge is 0.391 e. The lowest BCUT2D eigenvalue weighted by atomic mass is 10.2. The Balaban J connectivity index is 2.17. The molecule has 0 amide bonds. The van der Waals surface area contributed by atoms with E-state index in [-0.39, 0.29) is 17.4 Å². The van der Waals surface area contributed by atoms with E-state index in [9.17, 15) is 8.42 Å². The predicted molar refractivity (Wildman–Crippen MR) is 71.3 cm³/mol. The molecule has 1 aliphatic heterocycles. The molecule has 0 saturated heterocycles. The summed E-state index contributed by atoms with van der Waals surface area (Å²) >= 11 is 5.79. The van der Waals surface area contributed by atoms with Crippen LogP contribution in [0.25, 0.3) is 0 Å². The van der Waals surface area contributed by atoms with E-state index in [1.165, 1.54) is 0 Å². The standard InChI is InChI=1S/C10H9ClN4O4S/c11-6-3-1-5(2-4-6)10-15-8(13)7(12)9(14-15)18-20(16,17)19-10/h1-4,10H,12-13H2.